The van der Waals surface area contributed by atoms with Gasteiger partial charge in [0, 0.05) is 12.1 Å². The minimum Gasteiger partial charge on any atom is -0.377 e. The summed E-state index contributed by atoms with van der Waals surface area (Å²) in [4.78, 5) is 0. The summed E-state index contributed by atoms with van der Waals surface area (Å²) in [6, 6.07) is 0.758. The molecule has 18 heavy (non-hydrogen) atoms. The molecule has 0 fully saturated rings. The molecule has 0 aliphatic rings. The molecule has 0 aromatic rings. The van der Waals surface area contributed by atoms with E-state index in [2.05, 4.69) is 24.5 Å². The molecule has 0 heterocycles. The van der Waals surface area contributed by atoms with Crippen LogP contribution in [0.3, 0.4) is 0 Å². The zero-order valence-electron chi connectivity index (χ0n) is 12.5. The maximum Gasteiger partial charge on any atom is 0.0781 e. The predicted molar refractivity (Wildman–Crippen MR) is 74.1 cm³/mol. The standard InChI is InChI=1S/C13H30N2O3/c1-11(14-4)8-16-6-7-17-10-13(3)18-9-12(2)15-5/h11-15H,6-10H2,1-5H3. The van der Waals surface area contributed by atoms with E-state index in [1.807, 2.05) is 21.0 Å². The van der Waals surface area contributed by atoms with Gasteiger partial charge in [-0.3, -0.25) is 0 Å². The van der Waals surface area contributed by atoms with E-state index < -0.39 is 0 Å². The van der Waals surface area contributed by atoms with E-state index >= 15 is 0 Å². The molecule has 5 nitrogen and oxygen atoms in total. The first-order chi connectivity index (χ1) is 8.60. The van der Waals surface area contributed by atoms with Crippen molar-refractivity contribution >= 4 is 0 Å². The quantitative estimate of drug-likeness (QED) is 0.506. The van der Waals surface area contributed by atoms with Gasteiger partial charge in [-0.2, -0.15) is 0 Å². The zero-order chi connectivity index (χ0) is 13.8. The molecule has 0 radical (unpaired) electrons. The molecular formula is C13H30N2O3. The van der Waals surface area contributed by atoms with E-state index in [1.165, 1.54) is 0 Å². The Morgan fingerprint density at radius 1 is 0.778 bits per heavy atom. The van der Waals surface area contributed by atoms with E-state index in [0.29, 0.717) is 45.1 Å². The van der Waals surface area contributed by atoms with Crippen LogP contribution in [0.5, 0.6) is 0 Å². The van der Waals surface area contributed by atoms with Crippen LogP contribution in [-0.2, 0) is 14.2 Å². The molecule has 0 rings (SSSR count). The van der Waals surface area contributed by atoms with Crippen molar-refractivity contribution in [2.75, 3.05) is 47.1 Å². The van der Waals surface area contributed by atoms with Gasteiger partial charge in [0.25, 0.3) is 0 Å². The minimum atomic E-state index is 0.122. The third-order valence-corrected chi connectivity index (χ3v) is 2.71. The highest BCUT2D eigenvalue weighted by Gasteiger charge is 2.05. The van der Waals surface area contributed by atoms with E-state index in [0.717, 1.165) is 0 Å². The first-order valence-electron chi connectivity index (χ1n) is 6.71. The van der Waals surface area contributed by atoms with Crippen molar-refractivity contribution in [3.8, 4) is 0 Å². The molecule has 0 aromatic carbocycles. The first-order valence-corrected chi connectivity index (χ1v) is 6.71. The third kappa shape index (κ3) is 10.9. The van der Waals surface area contributed by atoms with Gasteiger partial charge >= 0.3 is 0 Å². The molecule has 0 aliphatic carbocycles. The monoisotopic (exact) mass is 262 g/mol. The van der Waals surface area contributed by atoms with Gasteiger partial charge in [0.05, 0.1) is 39.1 Å². The number of nitrogens with one attached hydrogen (secondary N) is 2. The maximum atomic E-state index is 5.62. The van der Waals surface area contributed by atoms with E-state index in [-0.39, 0.29) is 6.10 Å². The van der Waals surface area contributed by atoms with Crippen molar-refractivity contribution in [2.45, 2.75) is 39.0 Å². The molecule has 0 amide bonds. The average Bonchev–Trinajstić information content (AvgIpc) is 2.39. The number of likely N-dealkylation sites (N-methyl/N-ethyl adjacent to an activating group) is 2. The fourth-order valence-electron chi connectivity index (χ4n) is 1.15. The zero-order valence-corrected chi connectivity index (χ0v) is 12.5. The molecule has 3 unspecified atom stereocenters. The molecule has 0 aliphatic heterocycles. The molecule has 0 spiro atoms. The predicted octanol–water partition coefficient (Wildman–Crippen LogP) is 0.641. The second kappa shape index (κ2) is 11.9. The topological polar surface area (TPSA) is 51.8 Å². The Bertz CT molecular complexity index is 182. The van der Waals surface area contributed by atoms with E-state index in [1.54, 1.807) is 0 Å². The lowest BCUT2D eigenvalue weighted by Gasteiger charge is -2.17. The highest BCUT2D eigenvalue weighted by Crippen LogP contribution is 1.94. The molecule has 110 valence electrons. The second-order valence-corrected chi connectivity index (χ2v) is 4.67. The van der Waals surface area contributed by atoms with E-state index in [4.69, 9.17) is 14.2 Å². The lowest BCUT2D eigenvalue weighted by atomic mass is 10.3. The summed E-state index contributed by atoms with van der Waals surface area (Å²) in [5.74, 6) is 0. The van der Waals surface area contributed by atoms with Gasteiger partial charge in [-0.15, -0.1) is 0 Å². The summed E-state index contributed by atoms with van der Waals surface area (Å²) in [6.45, 7) is 9.47. The van der Waals surface area contributed by atoms with Crippen LogP contribution < -0.4 is 10.6 Å². The number of rotatable bonds is 12. The Morgan fingerprint density at radius 2 is 1.28 bits per heavy atom. The van der Waals surface area contributed by atoms with Crippen LogP contribution in [0.25, 0.3) is 0 Å². The lowest BCUT2D eigenvalue weighted by molar-refractivity contribution is -0.0284. The Balaban J connectivity index is 3.27. The first kappa shape index (κ1) is 17.8. The number of hydrogen-bond acceptors (Lipinski definition) is 5. The van der Waals surface area contributed by atoms with Gasteiger partial charge in [-0.05, 0) is 34.9 Å². The van der Waals surface area contributed by atoms with Crippen LogP contribution in [0.15, 0.2) is 0 Å². The molecule has 0 saturated carbocycles. The molecule has 0 saturated heterocycles. The van der Waals surface area contributed by atoms with Gasteiger partial charge in [-0.1, -0.05) is 0 Å². The van der Waals surface area contributed by atoms with Gasteiger partial charge in [0.1, 0.15) is 0 Å². The Hall–Kier alpha value is -0.200. The van der Waals surface area contributed by atoms with Gasteiger partial charge < -0.3 is 24.8 Å². The van der Waals surface area contributed by atoms with Crippen LogP contribution in [0.4, 0.5) is 0 Å². The maximum absolute atomic E-state index is 5.62. The van der Waals surface area contributed by atoms with Gasteiger partial charge in [0.15, 0.2) is 0 Å². The summed E-state index contributed by atoms with van der Waals surface area (Å²) in [5.41, 5.74) is 0. The fraction of sp³-hybridized carbons (Fsp3) is 1.00. The van der Waals surface area contributed by atoms with Crippen molar-refractivity contribution < 1.29 is 14.2 Å². The fourth-order valence-corrected chi connectivity index (χ4v) is 1.15. The Morgan fingerprint density at radius 3 is 1.83 bits per heavy atom. The Labute approximate surface area is 112 Å². The van der Waals surface area contributed by atoms with Crippen LogP contribution in [-0.4, -0.2) is 65.3 Å². The summed E-state index contributed by atoms with van der Waals surface area (Å²) < 4.78 is 16.5. The van der Waals surface area contributed by atoms with Crippen molar-refractivity contribution in [3.05, 3.63) is 0 Å². The SMILES string of the molecule is CNC(C)COCCOCC(C)OCC(C)NC. The molecular weight excluding hydrogens is 232 g/mol. The highest BCUT2D eigenvalue weighted by molar-refractivity contribution is 4.57. The second-order valence-electron chi connectivity index (χ2n) is 4.67. The molecule has 3 atom stereocenters. The lowest BCUT2D eigenvalue weighted by Crippen LogP contribution is -2.30. The van der Waals surface area contributed by atoms with Crippen molar-refractivity contribution in [2.24, 2.45) is 0 Å². The Kier molecular flexibility index (Phi) is 11.7. The molecule has 0 aromatic heterocycles. The smallest absolute Gasteiger partial charge is 0.0781 e. The van der Waals surface area contributed by atoms with E-state index in [9.17, 15) is 0 Å². The van der Waals surface area contributed by atoms with Gasteiger partial charge in [0.2, 0.25) is 0 Å². The number of hydrogen-bond donors (Lipinski definition) is 2. The average molecular weight is 262 g/mol. The van der Waals surface area contributed by atoms with Crippen molar-refractivity contribution in [3.63, 3.8) is 0 Å². The molecule has 2 N–H and O–H groups in total. The van der Waals surface area contributed by atoms with Crippen LogP contribution in [0.1, 0.15) is 20.8 Å². The summed E-state index contributed by atoms with van der Waals surface area (Å²) in [6.07, 6.45) is 0.122. The van der Waals surface area contributed by atoms with Gasteiger partial charge in [-0.25, -0.2) is 0 Å². The summed E-state index contributed by atoms with van der Waals surface area (Å²) in [5, 5.41) is 6.24. The normalized spacial score (nSPS) is 16.5. The van der Waals surface area contributed by atoms with Crippen molar-refractivity contribution in [1.29, 1.82) is 0 Å². The van der Waals surface area contributed by atoms with Crippen LogP contribution in [0.2, 0.25) is 0 Å². The number of ether oxygens (including phenoxy) is 3. The highest BCUT2D eigenvalue weighted by atomic mass is 16.5. The van der Waals surface area contributed by atoms with Crippen LogP contribution >= 0.6 is 0 Å². The third-order valence-electron chi connectivity index (χ3n) is 2.71. The molecule has 5 heteroatoms. The molecule has 0 bridgehead atoms. The van der Waals surface area contributed by atoms with Crippen LogP contribution in [0, 0.1) is 0 Å². The largest absolute Gasteiger partial charge is 0.377 e. The summed E-state index contributed by atoms with van der Waals surface area (Å²) in [7, 11) is 3.86. The summed E-state index contributed by atoms with van der Waals surface area (Å²) >= 11 is 0. The van der Waals surface area contributed by atoms with Crippen molar-refractivity contribution in [1.82, 2.24) is 10.6 Å². The minimum absolute atomic E-state index is 0.122.